The molecule has 0 amide bonds. The van der Waals surface area contributed by atoms with E-state index in [1.54, 1.807) is 12.1 Å². The Morgan fingerprint density at radius 2 is 1.81 bits per heavy atom. The highest BCUT2D eigenvalue weighted by Crippen LogP contribution is 2.53. The molecule has 1 N–H and O–H groups in total. The van der Waals surface area contributed by atoms with Crippen molar-refractivity contribution in [1.82, 2.24) is 0 Å². The van der Waals surface area contributed by atoms with E-state index in [0.717, 1.165) is 18.3 Å². The lowest BCUT2D eigenvalue weighted by molar-refractivity contribution is -0.614. The van der Waals surface area contributed by atoms with Crippen molar-refractivity contribution in [2.24, 2.45) is 5.92 Å². The molecule has 2 atom stereocenters. The van der Waals surface area contributed by atoms with Crippen molar-refractivity contribution in [2.45, 2.75) is 37.5 Å². The first-order valence-electron chi connectivity index (χ1n) is 11.3. The predicted molar refractivity (Wildman–Crippen MR) is 128 cm³/mol. The van der Waals surface area contributed by atoms with Gasteiger partial charge in [-0.3, -0.25) is 4.79 Å². The number of alkyl halides is 4. The van der Waals surface area contributed by atoms with Crippen LogP contribution in [0, 0.1) is 16.9 Å². The number of carbonyl (C=O) groups is 1. The number of aliphatic hydroxyl groups excluding tert-OH is 1. The zero-order valence-corrected chi connectivity index (χ0v) is 20.0. The van der Waals surface area contributed by atoms with Crippen molar-refractivity contribution < 1.29 is 36.6 Å². The third-order valence-electron chi connectivity index (χ3n) is 6.48. The molecule has 2 aromatic carbocycles. The fraction of sp³-hybridized carbons (Fsp3) is 0.259. The van der Waals surface area contributed by atoms with Crippen molar-refractivity contribution in [2.75, 3.05) is 0 Å². The maximum absolute atomic E-state index is 14.7. The third-order valence-corrected chi connectivity index (χ3v) is 6.77. The van der Waals surface area contributed by atoms with Crippen LogP contribution in [0.3, 0.4) is 0 Å². The summed E-state index contributed by atoms with van der Waals surface area (Å²) >= 11 is 5.76. The maximum Gasteiger partial charge on any atom is 0.264 e. The fourth-order valence-electron chi connectivity index (χ4n) is 4.32. The SMILES string of the molecule is C=C(O)c1ccc(CC(=O)C(CC2CC2(F)F)c2ccc(-c3c(C(F)F)ccc(Cl)c3F)c[n+]2[O-])cc1. The molecule has 0 aliphatic heterocycles. The van der Waals surface area contributed by atoms with Gasteiger partial charge in [0.05, 0.1) is 10.6 Å². The highest BCUT2D eigenvalue weighted by Gasteiger charge is 2.58. The second-order valence-corrected chi connectivity index (χ2v) is 9.44. The Hall–Kier alpha value is -3.46. The van der Waals surface area contributed by atoms with E-state index in [1.165, 1.54) is 24.3 Å². The number of benzene rings is 2. The summed E-state index contributed by atoms with van der Waals surface area (Å²) in [6.07, 6.45) is -3.09. The van der Waals surface area contributed by atoms with Gasteiger partial charge in [0.2, 0.25) is 5.69 Å². The molecule has 0 bridgehead atoms. The molecule has 1 aliphatic rings. The zero-order valence-electron chi connectivity index (χ0n) is 19.2. The van der Waals surface area contributed by atoms with Crippen molar-refractivity contribution in [3.63, 3.8) is 0 Å². The summed E-state index contributed by atoms with van der Waals surface area (Å²) in [5, 5.41) is 22.0. The summed E-state index contributed by atoms with van der Waals surface area (Å²) in [6.45, 7) is 3.41. The number of rotatable bonds is 9. The van der Waals surface area contributed by atoms with Crippen LogP contribution in [0.2, 0.25) is 5.02 Å². The van der Waals surface area contributed by atoms with Crippen LogP contribution in [0.25, 0.3) is 16.9 Å². The van der Waals surface area contributed by atoms with E-state index < -0.39 is 58.4 Å². The van der Waals surface area contributed by atoms with Gasteiger partial charge in [0.15, 0.2) is 12.0 Å². The maximum atomic E-state index is 14.7. The van der Waals surface area contributed by atoms with Crippen LogP contribution in [-0.2, 0) is 11.2 Å². The van der Waals surface area contributed by atoms with Crippen LogP contribution in [0.4, 0.5) is 22.0 Å². The van der Waals surface area contributed by atoms with Crippen LogP contribution < -0.4 is 4.73 Å². The number of aliphatic hydroxyl groups is 1. The Labute approximate surface area is 214 Å². The number of nitrogens with zero attached hydrogens (tertiary/aromatic N) is 1. The topological polar surface area (TPSA) is 64.2 Å². The number of carbonyl (C=O) groups excluding carboxylic acids is 1. The molecule has 0 saturated heterocycles. The average Bonchev–Trinajstić information content (AvgIpc) is 3.45. The largest absolute Gasteiger partial charge is 0.618 e. The summed E-state index contributed by atoms with van der Waals surface area (Å²) in [4.78, 5) is 13.2. The Bertz CT molecular complexity index is 1360. The smallest absolute Gasteiger partial charge is 0.264 e. The fourth-order valence-corrected chi connectivity index (χ4v) is 4.47. The van der Waals surface area contributed by atoms with E-state index in [1.807, 2.05) is 0 Å². The molecule has 37 heavy (non-hydrogen) atoms. The van der Waals surface area contributed by atoms with E-state index in [4.69, 9.17) is 11.6 Å². The van der Waals surface area contributed by atoms with Crippen LogP contribution in [0.5, 0.6) is 0 Å². The van der Waals surface area contributed by atoms with E-state index in [9.17, 15) is 37.1 Å². The highest BCUT2D eigenvalue weighted by molar-refractivity contribution is 6.31. The average molecular weight is 538 g/mol. The number of aromatic nitrogens is 1. The number of ketones is 1. The summed E-state index contributed by atoms with van der Waals surface area (Å²) < 4.78 is 69.4. The molecule has 10 heteroatoms. The minimum Gasteiger partial charge on any atom is -0.618 e. The standard InChI is InChI=1S/C27H21ClF5NO3/c1-14(35)16-4-2-15(3-5-16)10-23(36)20(11-18-12-27(18,32)33)22-9-6-17(13-34(22)37)24-19(26(30)31)7-8-21(28)25(24)29/h2-9,13,18,20,26,35H,1,10-12H2. The Kier molecular flexibility index (Phi) is 7.28. The number of halogens is 6. The molecular weight excluding hydrogens is 517 g/mol. The Balaban J connectivity index is 1.68. The van der Waals surface area contributed by atoms with Crippen LogP contribution >= 0.6 is 11.6 Å². The van der Waals surface area contributed by atoms with Gasteiger partial charge in [-0.05, 0) is 24.1 Å². The van der Waals surface area contributed by atoms with Gasteiger partial charge in [0.25, 0.3) is 12.3 Å². The lowest BCUT2D eigenvalue weighted by atomic mass is 9.88. The quantitative estimate of drug-likeness (QED) is 0.136. The molecule has 194 valence electrons. The summed E-state index contributed by atoms with van der Waals surface area (Å²) in [7, 11) is 0. The molecule has 4 rings (SSSR count). The van der Waals surface area contributed by atoms with Crippen LogP contribution in [-0.4, -0.2) is 16.8 Å². The first kappa shape index (κ1) is 26.6. The first-order chi connectivity index (χ1) is 17.4. The molecule has 0 radical (unpaired) electrons. The lowest BCUT2D eigenvalue weighted by Gasteiger charge is -2.17. The normalized spacial score (nSPS) is 17.0. The summed E-state index contributed by atoms with van der Waals surface area (Å²) in [5.74, 6) is -7.03. The minimum atomic E-state index is -3.05. The second-order valence-electron chi connectivity index (χ2n) is 9.03. The van der Waals surface area contributed by atoms with Gasteiger partial charge in [0, 0.05) is 41.5 Å². The number of pyridine rings is 1. The molecule has 1 heterocycles. The van der Waals surface area contributed by atoms with Crippen molar-refractivity contribution in [3.05, 3.63) is 99.7 Å². The Morgan fingerprint density at radius 1 is 1.16 bits per heavy atom. The van der Waals surface area contributed by atoms with Crippen molar-refractivity contribution in [3.8, 4) is 11.1 Å². The van der Waals surface area contributed by atoms with Gasteiger partial charge in [-0.1, -0.05) is 48.5 Å². The van der Waals surface area contributed by atoms with Crippen molar-refractivity contribution in [1.29, 1.82) is 0 Å². The number of Topliss-reactive ketones (excluding diaryl/α,β-unsaturated/α-hetero) is 1. The molecule has 1 fully saturated rings. The molecule has 3 aromatic rings. The molecule has 0 spiro atoms. The summed E-state index contributed by atoms with van der Waals surface area (Å²) in [5.41, 5.74) is -0.613. The van der Waals surface area contributed by atoms with Crippen molar-refractivity contribution >= 4 is 23.1 Å². The Morgan fingerprint density at radius 3 is 2.35 bits per heavy atom. The van der Waals surface area contributed by atoms with Crippen LogP contribution in [0.1, 0.15) is 47.6 Å². The molecule has 4 nitrogen and oxygen atoms in total. The minimum absolute atomic E-state index is 0.155. The van der Waals surface area contributed by atoms with Gasteiger partial charge >= 0.3 is 0 Å². The van der Waals surface area contributed by atoms with Gasteiger partial charge in [-0.25, -0.2) is 22.0 Å². The van der Waals surface area contributed by atoms with Gasteiger partial charge in [-0.2, -0.15) is 4.73 Å². The van der Waals surface area contributed by atoms with E-state index in [-0.39, 0.29) is 34.6 Å². The lowest BCUT2D eigenvalue weighted by Crippen LogP contribution is -2.36. The van der Waals surface area contributed by atoms with E-state index >= 15 is 0 Å². The van der Waals surface area contributed by atoms with Gasteiger partial charge < -0.3 is 10.3 Å². The second kappa shape index (κ2) is 10.1. The number of hydrogen-bond acceptors (Lipinski definition) is 3. The monoisotopic (exact) mass is 537 g/mol. The van der Waals surface area contributed by atoms with Gasteiger partial charge in [-0.15, -0.1) is 0 Å². The third kappa shape index (κ3) is 5.61. The summed E-state index contributed by atoms with van der Waals surface area (Å²) in [6, 6.07) is 10.5. The molecule has 1 aliphatic carbocycles. The van der Waals surface area contributed by atoms with E-state index in [2.05, 4.69) is 6.58 Å². The van der Waals surface area contributed by atoms with Crippen LogP contribution in [0.15, 0.2) is 61.3 Å². The molecule has 2 unspecified atom stereocenters. The van der Waals surface area contributed by atoms with Gasteiger partial charge in [0.1, 0.15) is 17.5 Å². The predicted octanol–water partition coefficient (Wildman–Crippen LogP) is 7.19. The number of hydrogen-bond donors (Lipinski definition) is 1. The molecule has 1 aromatic heterocycles. The highest BCUT2D eigenvalue weighted by atomic mass is 35.5. The first-order valence-corrected chi connectivity index (χ1v) is 11.6. The molecule has 1 saturated carbocycles. The zero-order chi connectivity index (χ0) is 27.1. The molecular formula is C27H21ClF5NO3. The van der Waals surface area contributed by atoms with E-state index in [0.29, 0.717) is 11.1 Å².